The van der Waals surface area contributed by atoms with Gasteiger partial charge in [0.1, 0.15) is 5.75 Å². The van der Waals surface area contributed by atoms with E-state index < -0.39 is 5.79 Å². The molecule has 0 bridgehead atoms. The van der Waals surface area contributed by atoms with Crippen molar-refractivity contribution in [2.75, 3.05) is 20.3 Å². The summed E-state index contributed by atoms with van der Waals surface area (Å²) in [5, 5.41) is 4.08. The number of ether oxygens (including phenoxy) is 3. The Hall–Kier alpha value is -1.85. The van der Waals surface area contributed by atoms with E-state index in [9.17, 15) is 0 Å². The summed E-state index contributed by atoms with van der Waals surface area (Å²) in [5.41, 5.74) is 1.78. The van der Waals surface area contributed by atoms with Gasteiger partial charge in [-0.05, 0) is 31.2 Å². The molecule has 0 spiro atoms. The summed E-state index contributed by atoms with van der Waals surface area (Å²) >= 11 is 0. The number of aromatic nitrogens is 1. The van der Waals surface area contributed by atoms with Gasteiger partial charge in [0, 0.05) is 18.1 Å². The molecule has 2 heterocycles. The predicted molar refractivity (Wildman–Crippen MR) is 72.5 cm³/mol. The van der Waals surface area contributed by atoms with Gasteiger partial charge in [0.05, 0.1) is 26.0 Å². The highest BCUT2D eigenvalue weighted by atomic mass is 16.7. The van der Waals surface area contributed by atoms with Crippen molar-refractivity contribution in [3.8, 4) is 17.1 Å². The zero-order valence-corrected chi connectivity index (χ0v) is 11.6. The summed E-state index contributed by atoms with van der Waals surface area (Å²) < 4.78 is 21.6. The van der Waals surface area contributed by atoms with Gasteiger partial charge in [-0.15, -0.1) is 0 Å². The summed E-state index contributed by atoms with van der Waals surface area (Å²) in [5.74, 6) is 0.951. The van der Waals surface area contributed by atoms with E-state index in [1.165, 1.54) is 0 Å². The van der Waals surface area contributed by atoms with Crippen molar-refractivity contribution in [1.82, 2.24) is 5.16 Å². The van der Waals surface area contributed by atoms with Crippen LogP contribution in [-0.4, -0.2) is 31.3 Å². The topological polar surface area (TPSA) is 53.7 Å². The largest absolute Gasteiger partial charge is 0.497 e. The lowest BCUT2D eigenvalue weighted by Gasteiger charge is -2.20. The molecular formula is C15H17NO4. The van der Waals surface area contributed by atoms with Crippen molar-refractivity contribution in [2.24, 2.45) is 0 Å². The van der Waals surface area contributed by atoms with E-state index in [2.05, 4.69) is 5.16 Å². The molecule has 1 aliphatic rings. The van der Waals surface area contributed by atoms with Crippen molar-refractivity contribution < 1.29 is 18.7 Å². The van der Waals surface area contributed by atoms with Crippen LogP contribution in [0.15, 0.2) is 34.9 Å². The van der Waals surface area contributed by atoms with Crippen LogP contribution in [0.25, 0.3) is 11.3 Å². The third-order valence-corrected chi connectivity index (χ3v) is 3.33. The highest BCUT2D eigenvalue weighted by Gasteiger charge is 2.32. The zero-order valence-electron chi connectivity index (χ0n) is 11.6. The summed E-state index contributed by atoms with van der Waals surface area (Å²) in [4.78, 5) is 0. The summed E-state index contributed by atoms with van der Waals surface area (Å²) in [6.45, 7) is 3.17. The van der Waals surface area contributed by atoms with Crippen LogP contribution in [0, 0.1) is 0 Å². The summed E-state index contributed by atoms with van der Waals surface area (Å²) in [6.07, 6.45) is 0.576. The second-order valence-corrected chi connectivity index (χ2v) is 4.92. The first-order chi connectivity index (χ1) is 9.68. The third-order valence-electron chi connectivity index (χ3n) is 3.33. The first-order valence-corrected chi connectivity index (χ1v) is 6.56. The molecule has 0 radical (unpaired) electrons. The first kappa shape index (κ1) is 13.1. The van der Waals surface area contributed by atoms with Crippen molar-refractivity contribution in [3.05, 3.63) is 36.0 Å². The molecule has 3 rings (SSSR count). The molecule has 5 heteroatoms. The van der Waals surface area contributed by atoms with Crippen LogP contribution in [-0.2, 0) is 15.9 Å². The molecule has 0 atom stereocenters. The lowest BCUT2D eigenvalue weighted by Crippen LogP contribution is -2.28. The van der Waals surface area contributed by atoms with E-state index in [0.29, 0.717) is 19.6 Å². The minimum absolute atomic E-state index is 0.576. The van der Waals surface area contributed by atoms with Gasteiger partial charge in [0.15, 0.2) is 11.5 Å². The van der Waals surface area contributed by atoms with Gasteiger partial charge in [0.2, 0.25) is 0 Å². The van der Waals surface area contributed by atoms with Gasteiger partial charge < -0.3 is 18.7 Å². The maximum absolute atomic E-state index is 5.57. The van der Waals surface area contributed by atoms with Crippen molar-refractivity contribution in [1.29, 1.82) is 0 Å². The molecule has 1 aromatic heterocycles. The highest BCUT2D eigenvalue weighted by molar-refractivity contribution is 5.58. The molecule has 1 aliphatic heterocycles. The molecule has 1 fully saturated rings. The average molecular weight is 275 g/mol. The Morgan fingerprint density at radius 3 is 2.55 bits per heavy atom. The fraction of sp³-hybridized carbons (Fsp3) is 0.400. The van der Waals surface area contributed by atoms with Crippen LogP contribution in [0.4, 0.5) is 0 Å². The second kappa shape index (κ2) is 5.26. The lowest BCUT2D eigenvalue weighted by molar-refractivity contribution is -0.141. The van der Waals surface area contributed by atoms with Gasteiger partial charge in [-0.1, -0.05) is 5.16 Å². The maximum atomic E-state index is 5.57. The number of hydrogen-bond donors (Lipinski definition) is 0. The zero-order chi connectivity index (χ0) is 14.0. The van der Waals surface area contributed by atoms with Gasteiger partial charge in [-0.3, -0.25) is 0 Å². The molecule has 5 nitrogen and oxygen atoms in total. The molecule has 20 heavy (non-hydrogen) atoms. The average Bonchev–Trinajstić information content (AvgIpc) is 3.09. The SMILES string of the molecule is COc1ccc(-c2cc(CC3(C)OCCO3)no2)cc1. The van der Waals surface area contributed by atoms with E-state index >= 15 is 0 Å². The highest BCUT2D eigenvalue weighted by Crippen LogP contribution is 2.27. The smallest absolute Gasteiger partial charge is 0.171 e. The Balaban J connectivity index is 1.75. The van der Waals surface area contributed by atoms with Crippen molar-refractivity contribution >= 4 is 0 Å². The van der Waals surface area contributed by atoms with E-state index in [1.807, 2.05) is 37.3 Å². The number of hydrogen-bond acceptors (Lipinski definition) is 5. The molecule has 2 aromatic rings. The number of rotatable bonds is 4. The predicted octanol–water partition coefficient (Wildman–Crippen LogP) is 2.66. The van der Waals surface area contributed by atoms with Crippen LogP contribution in [0.1, 0.15) is 12.6 Å². The van der Waals surface area contributed by atoms with Crippen LogP contribution in [0.2, 0.25) is 0 Å². The first-order valence-electron chi connectivity index (χ1n) is 6.56. The molecular weight excluding hydrogens is 258 g/mol. The Kier molecular flexibility index (Phi) is 3.46. The van der Waals surface area contributed by atoms with E-state index in [4.69, 9.17) is 18.7 Å². The maximum Gasteiger partial charge on any atom is 0.171 e. The van der Waals surface area contributed by atoms with Crippen molar-refractivity contribution in [3.63, 3.8) is 0 Å². The van der Waals surface area contributed by atoms with E-state index in [1.54, 1.807) is 7.11 Å². The van der Waals surface area contributed by atoms with Gasteiger partial charge in [-0.25, -0.2) is 0 Å². The normalized spacial score (nSPS) is 17.3. The fourth-order valence-corrected chi connectivity index (χ4v) is 2.27. The standard InChI is InChI=1S/C15H17NO4/c1-15(18-7-8-19-15)10-12-9-14(20-16-12)11-3-5-13(17-2)6-4-11/h3-6,9H,7-8,10H2,1-2H3. The molecule has 0 aliphatic carbocycles. The Morgan fingerprint density at radius 2 is 1.90 bits per heavy atom. The number of benzene rings is 1. The van der Waals surface area contributed by atoms with Gasteiger partial charge in [-0.2, -0.15) is 0 Å². The fourth-order valence-electron chi connectivity index (χ4n) is 2.27. The van der Waals surface area contributed by atoms with E-state index in [0.717, 1.165) is 22.8 Å². The molecule has 1 saturated heterocycles. The minimum Gasteiger partial charge on any atom is -0.497 e. The molecule has 0 saturated carbocycles. The van der Waals surface area contributed by atoms with E-state index in [-0.39, 0.29) is 0 Å². The minimum atomic E-state index is -0.589. The summed E-state index contributed by atoms with van der Waals surface area (Å²) in [6, 6.07) is 9.57. The van der Waals surface area contributed by atoms with Crippen molar-refractivity contribution in [2.45, 2.75) is 19.1 Å². The monoisotopic (exact) mass is 275 g/mol. The Bertz CT molecular complexity index is 570. The molecule has 106 valence electrons. The van der Waals surface area contributed by atoms with Crippen LogP contribution < -0.4 is 4.74 Å². The summed E-state index contributed by atoms with van der Waals surface area (Å²) in [7, 11) is 1.64. The molecule has 0 unspecified atom stereocenters. The number of nitrogens with zero attached hydrogens (tertiary/aromatic N) is 1. The molecule has 0 amide bonds. The quantitative estimate of drug-likeness (QED) is 0.858. The van der Waals surface area contributed by atoms with Crippen LogP contribution in [0.5, 0.6) is 5.75 Å². The molecule has 0 N–H and O–H groups in total. The van der Waals surface area contributed by atoms with Gasteiger partial charge in [0.25, 0.3) is 0 Å². The van der Waals surface area contributed by atoms with Crippen LogP contribution in [0.3, 0.4) is 0 Å². The Morgan fingerprint density at radius 1 is 1.20 bits per heavy atom. The van der Waals surface area contributed by atoms with Crippen LogP contribution >= 0.6 is 0 Å². The lowest BCUT2D eigenvalue weighted by atomic mass is 10.1. The third kappa shape index (κ3) is 2.69. The molecule has 1 aromatic carbocycles. The number of methoxy groups -OCH3 is 1. The second-order valence-electron chi connectivity index (χ2n) is 4.92. The Labute approximate surface area is 117 Å². The van der Waals surface area contributed by atoms with Gasteiger partial charge >= 0.3 is 0 Å².